The zero-order valence-corrected chi connectivity index (χ0v) is 12.8. The van der Waals surface area contributed by atoms with Crippen LogP contribution in [0.5, 0.6) is 0 Å². The van der Waals surface area contributed by atoms with E-state index in [1.54, 1.807) is 0 Å². The fraction of sp³-hybridized carbons (Fsp3) is 0.474. The third kappa shape index (κ3) is 2.47. The largest absolute Gasteiger partial charge is 0.298 e. The summed E-state index contributed by atoms with van der Waals surface area (Å²) in [6.07, 6.45) is 2.77. The molecule has 2 aromatic rings. The molecule has 2 fully saturated rings. The Balaban J connectivity index is 1.54. The standard InChI is InChI=1S/C19H24N2/c1-15-19-7-4-10-20(19)11-12-21(15)14-16-8-9-17-5-2-3-6-18(17)13-16/h2-3,5-6,8-9,13,15,19H,4,7,10-12,14H2,1H3. The topological polar surface area (TPSA) is 6.48 Å². The smallest absolute Gasteiger partial charge is 0.0250 e. The summed E-state index contributed by atoms with van der Waals surface area (Å²) >= 11 is 0. The van der Waals surface area contributed by atoms with Crippen molar-refractivity contribution in [3.8, 4) is 0 Å². The molecule has 2 nitrogen and oxygen atoms in total. The molecule has 0 bridgehead atoms. The predicted molar refractivity (Wildman–Crippen MR) is 88.4 cm³/mol. The molecule has 2 atom stereocenters. The third-order valence-corrected chi connectivity index (χ3v) is 5.42. The molecule has 110 valence electrons. The lowest BCUT2D eigenvalue weighted by Crippen LogP contribution is -2.55. The molecule has 0 amide bonds. The van der Waals surface area contributed by atoms with Gasteiger partial charge in [-0.15, -0.1) is 0 Å². The van der Waals surface area contributed by atoms with E-state index >= 15 is 0 Å². The lowest BCUT2D eigenvalue weighted by Gasteiger charge is -2.43. The SMILES string of the molecule is CC1C2CCCN2CCN1Cc1ccc2ccccc2c1. The molecule has 2 saturated heterocycles. The second-order valence-corrected chi connectivity index (χ2v) is 6.64. The summed E-state index contributed by atoms with van der Waals surface area (Å²) in [5.41, 5.74) is 1.45. The van der Waals surface area contributed by atoms with Crippen molar-refractivity contribution in [3.63, 3.8) is 0 Å². The zero-order valence-electron chi connectivity index (χ0n) is 12.8. The van der Waals surface area contributed by atoms with Crippen molar-refractivity contribution in [2.75, 3.05) is 19.6 Å². The first kappa shape index (κ1) is 13.3. The van der Waals surface area contributed by atoms with Crippen molar-refractivity contribution in [2.45, 2.75) is 38.4 Å². The maximum absolute atomic E-state index is 2.70. The second kappa shape index (κ2) is 5.43. The van der Waals surface area contributed by atoms with Crippen molar-refractivity contribution in [1.29, 1.82) is 0 Å². The normalized spacial score (nSPS) is 27.1. The molecule has 0 N–H and O–H groups in total. The average Bonchev–Trinajstić information content (AvgIpc) is 2.99. The second-order valence-electron chi connectivity index (χ2n) is 6.64. The van der Waals surface area contributed by atoms with Crippen LogP contribution in [-0.2, 0) is 6.54 Å². The van der Waals surface area contributed by atoms with E-state index < -0.39 is 0 Å². The van der Waals surface area contributed by atoms with Crippen molar-refractivity contribution in [1.82, 2.24) is 9.80 Å². The number of hydrogen-bond donors (Lipinski definition) is 0. The van der Waals surface area contributed by atoms with Crippen LogP contribution < -0.4 is 0 Å². The number of nitrogens with zero attached hydrogens (tertiary/aromatic N) is 2. The van der Waals surface area contributed by atoms with Gasteiger partial charge in [-0.3, -0.25) is 9.80 Å². The van der Waals surface area contributed by atoms with Gasteiger partial charge in [-0.25, -0.2) is 0 Å². The Labute approximate surface area is 127 Å². The number of rotatable bonds is 2. The molecular formula is C19H24N2. The Morgan fingerprint density at radius 1 is 1.00 bits per heavy atom. The van der Waals surface area contributed by atoms with E-state index in [0.29, 0.717) is 6.04 Å². The molecule has 0 saturated carbocycles. The lowest BCUT2D eigenvalue weighted by atomic mass is 10.0. The van der Waals surface area contributed by atoms with Gasteiger partial charge in [0.1, 0.15) is 0 Å². The van der Waals surface area contributed by atoms with Crippen molar-refractivity contribution < 1.29 is 0 Å². The summed E-state index contributed by atoms with van der Waals surface area (Å²) < 4.78 is 0. The number of benzene rings is 2. The van der Waals surface area contributed by atoms with Crippen molar-refractivity contribution in [3.05, 3.63) is 48.0 Å². The fourth-order valence-electron chi connectivity index (χ4n) is 4.17. The van der Waals surface area contributed by atoms with Gasteiger partial charge < -0.3 is 0 Å². The quantitative estimate of drug-likeness (QED) is 0.830. The van der Waals surface area contributed by atoms with Crippen molar-refractivity contribution in [2.24, 2.45) is 0 Å². The van der Waals surface area contributed by atoms with Gasteiger partial charge in [0.05, 0.1) is 0 Å². The van der Waals surface area contributed by atoms with Crippen LogP contribution in [0.3, 0.4) is 0 Å². The van der Waals surface area contributed by atoms with Gasteiger partial charge in [-0.05, 0) is 48.7 Å². The zero-order chi connectivity index (χ0) is 14.2. The molecule has 4 rings (SSSR count). The van der Waals surface area contributed by atoms with Gasteiger partial charge in [0, 0.05) is 31.7 Å². The van der Waals surface area contributed by atoms with E-state index in [1.807, 2.05) is 0 Å². The summed E-state index contributed by atoms with van der Waals surface area (Å²) in [7, 11) is 0. The Morgan fingerprint density at radius 2 is 1.86 bits per heavy atom. The van der Waals surface area contributed by atoms with Gasteiger partial charge in [-0.2, -0.15) is 0 Å². The van der Waals surface area contributed by atoms with E-state index in [-0.39, 0.29) is 0 Å². The minimum Gasteiger partial charge on any atom is -0.298 e. The maximum Gasteiger partial charge on any atom is 0.0250 e. The van der Waals surface area contributed by atoms with Crippen LogP contribution in [0.4, 0.5) is 0 Å². The molecule has 2 aromatic carbocycles. The molecule has 0 radical (unpaired) electrons. The monoisotopic (exact) mass is 280 g/mol. The molecule has 21 heavy (non-hydrogen) atoms. The van der Waals surface area contributed by atoms with Crippen LogP contribution in [0.15, 0.2) is 42.5 Å². The average molecular weight is 280 g/mol. The molecule has 0 spiro atoms. The van der Waals surface area contributed by atoms with Crippen LogP contribution in [0.2, 0.25) is 0 Å². The Hall–Kier alpha value is -1.38. The molecule has 2 unspecified atom stereocenters. The van der Waals surface area contributed by atoms with Crippen molar-refractivity contribution >= 4 is 10.8 Å². The molecule has 2 aliphatic heterocycles. The predicted octanol–water partition coefficient (Wildman–Crippen LogP) is 3.51. The first-order valence-electron chi connectivity index (χ1n) is 8.27. The fourth-order valence-corrected chi connectivity index (χ4v) is 4.17. The number of hydrogen-bond acceptors (Lipinski definition) is 2. The Kier molecular flexibility index (Phi) is 3.44. The summed E-state index contributed by atoms with van der Waals surface area (Å²) in [6.45, 7) is 7.30. The highest BCUT2D eigenvalue weighted by atomic mass is 15.3. The third-order valence-electron chi connectivity index (χ3n) is 5.42. The highest BCUT2D eigenvalue weighted by Gasteiger charge is 2.36. The summed E-state index contributed by atoms with van der Waals surface area (Å²) in [5, 5.41) is 2.71. The van der Waals surface area contributed by atoms with Crippen LogP contribution >= 0.6 is 0 Å². The van der Waals surface area contributed by atoms with Gasteiger partial charge in [0.2, 0.25) is 0 Å². The van der Waals surface area contributed by atoms with Gasteiger partial charge >= 0.3 is 0 Å². The summed E-state index contributed by atoms with van der Waals surface area (Å²) in [5.74, 6) is 0. The molecular weight excluding hydrogens is 256 g/mol. The van der Waals surface area contributed by atoms with Gasteiger partial charge in [0.25, 0.3) is 0 Å². The first-order chi connectivity index (χ1) is 10.3. The highest BCUT2D eigenvalue weighted by Crippen LogP contribution is 2.28. The van der Waals surface area contributed by atoms with E-state index in [1.165, 1.54) is 48.8 Å². The molecule has 2 aliphatic rings. The molecule has 2 heteroatoms. The van der Waals surface area contributed by atoms with Gasteiger partial charge in [0.15, 0.2) is 0 Å². The Morgan fingerprint density at radius 3 is 2.76 bits per heavy atom. The summed E-state index contributed by atoms with van der Waals surface area (Å²) in [4.78, 5) is 5.37. The lowest BCUT2D eigenvalue weighted by molar-refractivity contribution is 0.0471. The minimum atomic E-state index is 0.688. The number of piperazine rings is 1. The highest BCUT2D eigenvalue weighted by molar-refractivity contribution is 5.82. The van der Waals surface area contributed by atoms with E-state index in [2.05, 4.69) is 59.2 Å². The van der Waals surface area contributed by atoms with Crippen LogP contribution in [-0.4, -0.2) is 41.5 Å². The van der Waals surface area contributed by atoms with E-state index in [9.17, 15) is 0 Å². The molecule has 2 heterocycles. The maximum atomic E-state index is 2.70. The van der Waals surface area contributed by atoms with Crippen LogP contribution in [0, 0.1) is 0 Å². The first-order valence-corrected chi connectivity index (χ1v) is 8.27. The summed E-state index contributed by atoms with van der Waals surface area (Å²) in [6, 6.07) is 17.1. The Bertz CT molecular complexity index is 636. The van der Waals surface area contributed by atoms with Crippen LogP contribution in [0.1, 0.15) is 25.3 Å². The van der Waals surface area contributed by atoms with Crippen LogP contribution in [0.25, 0.3) is 10.8 Å². The van der Waals surface area contributed by atoms with Gasteiger partial charge in [-0.1, -0.05) is 36.4 Å². The molecule has 0 aromatic heterocycles. The molecule has 0 aliphatic carbocycles. The van der Waals surface area contributed by atoms with E-state index in [0.717, 1.165) is 12.6 Å². The van der Waals surface area contributed by atoms with E-state index in [4.69, 9.17) is 0 Å². The minimum absolute atomic E-state index is 0.688. The number of fused-ring (bicyclic) bond motifs is 2.